The highest BCUT2D eigenvalue weighted by Crippen LogP contribution is 2.22. The van der Waals surface area contributed by atoms with Crippen molar-refractivity contribution in [3.8, 4) is 5.75 Å². The average molecular weight is 167 g/mol. The van der Waals surface area contributed by atoms with Crippen LogP contribution >= 0.6 is 0 Å². The molecule has 0 bridgehead atoms. The molecule has 0 spiro atoms. The Hall–Kier alpha value is -1.03. The van der Waals surface area contributed by atoms with E-state index in [4.69, 9.17) is 10.5 Å². The number of aromatic amines is 1. The fourth-order valence-corrected chi connectivity index (χ4v) is 1.58. The maximum atomic E-state index is 5.84. The molecule has 1 aliphatic carbocycles. The zero-order valence-corrected chi connectivity index (χ0v) is 6.86. The third kappa shape index (κ3) is 1.43. The number of nitrogens with two attached hydrogens (primary N) is 1. The summed E-state index contributed by atoms with van der Waals surface area (Å²) in [5, 5.41) is 6.50. The third-order valence-corrected chi connectivity index (χ3v) is 2.26. The van der Waals surface area contributed by atoms with Crippen LogP contribution in [0.5, 0.6) is 5.75 Å². The number of H-pyrrole nitrogens is 1. The quantitative estimate of drug-likeness (QED) is 0.680. The molecule has 1 aromatic rings. The monoisotopic (exact) mass is 167 g/mol. The van der Waals surface area contributed by atoms with Crippen LogP contribution < -0.4 is 10.5 Å². The van der Waals surface area contributed by atoms with Crippen molar-refractivity contribution < 1.29 is 4.74 Å². The van der Waals surface area contributed by atoms with E-state index in [2.05, 4.69) is 10.2 Å². The lowest BCUT2D eigenvalue weighted by atomic mass is 10.2. The zero-order chi connectivity index (χ0) is 8.39. The molecule has 0 saturated heterocycles. The Kier molecular flexibility index (Phi) is 1.99. The third-order valence-electron chi connectivity index (χ3n) is 2.26. The standard InChI is InChI=1S/C8H13N3O/c9-7-2-1-3-8(7)12-6-4-10-11-5-6/h4-5,7-8H,1-3,9H2,(H,10,11)/t7-,8+/m0/s1. The van der Waals surface area contributed by atoms with E-state index in [0.717, 1.165) is 18.6 Å². The summed E-state index contributed by atoms with van der Waals surface area (Å²) in [5.74, 6) is 0.789. The first-order valence-corrected chi connectivity index (χ1v) is 4.27. The molecule has 1 saturated carbocycles. The van der Waals surface area contributed by atoms with Crippen LogP contribution in [0.25, 0.3) is 0 Å². The molecule has 4 nitrogen and oxygen atoms in total. The molecule has 3 N–H and O–H groups in total. The van der Waals surface area contributed by atoms with Crippen LogP contribution in [0.15, 0.2) is 12.4 Å². The Balaban J connectivity index is 1.95. The minimum absolute atomic E-state index is 0.183. The highest BCUT2D eigenvalue weighted by Gasteiger charge is 2.25. The van der Waals surface area contributed by atoms with Crippen LogP contribution in [0.1, 0.15) is 19.3 Å². The van der Waals surface area contributed by atoms with Crippen LogP contribution in [-0.4, -0.2) is 22.3 Å². The summed E-state index contributed by atoms with van der Waals surface area (Å²) in [6.07, 6.45) is 6.90. The molecule has 2 atom stereocenters. The number of hydrogen-bond acceptors (Lipinski definition) is 3. The van der Waals surface area contributed by atoms with Crippen molar-refractivity contribution in [3.63, 3.8) is 0 Å². The number of ether oxygens (including phenoxy) is 1. The molecule has 1 aromatic heterocycles. The van der Waals surface area contributed by atoms with Gasteiger partial charge in [-0.3, -0.25) is 5.10 Å². The molecule has 0 radical (unpaired) electrons. The van der Waals surface area contributed by atoms with Gasteiger partial charge in [-0.05, 0) is 19.3 Å². The van der Waals surface area contributed by atoms with Gasteiger partial charge in [0.25, 0.3) is 0 Å². The maximum Gasteiger partial charge on any atom is 0.157 e. The summed E-state index contributed by atoms with van der Waals surface area (Å²) >= 11 is 0. The van der Waals surface area contributed by atoms with E-state index in [1.807, 2.05) is 0 Å². The molecule has 1 heterocycles. The smallest absolute Gasteiger partial charge is 0.157 e. The van der Waals surface area contributed by atoms with Crippen LogP contribution in [0, 0.1) is 0 Å². The van der Waals surface area contributed by atoms with Gasteiger partial charge >= 0.3 is 0 Å². The van der Waals surface area contributed by atoms with Gasteiger partial charge < -0.3 is 10.5 Å². The number of nitrogens with zero attached hydrogens (tertiary/aromatic N) is 1. The van der Waals surface area contributed by atoms with E-state index in [0.29, 0.717) is 0 Å². The lowest BCUT2D eigenvalue weighted by molar-refractivity contribution is 0.192. The normalized spacial score (nSPS) is 29.1. The minimum atomic E-state index is 0.183. The molecule has 66 valence electrons. The molecule has 0 aliphatic heterocycles. The van der Waals surface area contributed by atoms with Crippen molar-refractivity contribution in [3.05, 3.63) is 12.4 Å². The predicted molar refractivity (Wildman–Crippen MR) is 44.8 cm³/mol. The zero-order valence-electron chi connectivity index (χ0n) is 6.86. The molecule has 1 aliphatic rings. The lowest BCUT2D eigenvalue weighted by Crippen LogP contribution is -2.33. The Morgan fingerprint density at radius 1 is 1.58 bits per heavy atom. The van der Waals surface area contributed by atoms with E-state index in [1.165, 1.54) is 6.42 Å². The summed E-state index contributed by atoms with van der Waals surface area (Å²) in [6, 6.07) is 0.194. The Morgan fingerprint density at radius 3 is 3.08 bits per heavy atom. The van der Waals surface area contributed by atoms with E-state index in [9.17, 15) is 0 Å². The van der Waals surface area contributed by atoms with Gasteiger partial charge in [-0.1, -0.05) is 0 Å². The highest BCUT2D eigenvalue weighted by molar-refractivity contribution is 5.11. The Labute approximate surface area is 71.1 Å². The van der Waals surface area contributed by atoms with E-state index in [-0.39, 0.29) is 12.1 Å². The second-order valence-corrected chi connectivity index (χ2v) is 3.19. The molecule has 4 heteroatoms. The van der Waals surface area contributed by atoms with Gasteiger partial charge in [-0.15, -0.1) is 0 Å². The van der Waals surface area contributed by atoms with Gasteiger partial charge in [-0.25, -0.2) is 0 Å². The summed E-state index contributed by atoms with van der Waals surface area (Å²) in [6.45, 7) is 0. The van der Waals surface area contributed by atoms with Crippen LogP contribution in [0.2, 0.25) is 0 Å². The number of aromatic nitrogens is 2. The van der Waals surface area contributed by atoms with Crippen LogP contribution in [0.4, 0.5) is 0 Å². The number of rotatable bonds is 2. The fraction of sp³-hybridized carbons (Fsp3) is 0.625. The van der Waals surface area contributed by atoms with Gasteiger partial charge in [0.05, 0.1) is 12.4 Å². The van der Waals surface area contributed by atoms with Gasteiger partial charge in [0.2, 0.25) is 0 Å². The molecule has 12 heavy (non-hydrogen) atoms. The van der Waals surface area contributed by atoms with E-state index < -0.39 is 0 Å². The van der Waals surface area contributed by atoms with E-state index >= 15 is 0 Å². The first kappa shape index (κ1) is 7.61. The van der Waals surface area contributed by atoms with E-state index in [1.54, 1.807) is 12.4 Å². The molecule has 1 fully saturated rings. The topological polar surface area (TPSA) is 63.9 Å². The Bertz CT molecular complexity index is 234. The largest absolute Gasteiger partial charge is 0.486 e. The number of nitrogens with one attached hydrogen (secondary N) is 1. The van der Waals surface area contributed by atoms with Crippen molar-refractivity contribution in [2.45, 2.75) is 31.4 Å². The van der Waals surface area contributed by atoms with Gasteiger partial charge in [-0.2, -0.15) is 5.10 Å². The average Bonchev–Trinajstić information content (AvgIpc) is 2.65. The molecule has 2 rings (SSSR count). The maximum absolute atomic E-state index is 5.84. The SMILES string of the molecule is N[C@H]1CCC[C@H]1Oc1cn[nH]c1. The predicted octanol–water partition coefficient (Wildman–Crippen LogP) is 0.668. The van der Waals surface area contributed by atoms with Crippen LogP contribution in [0.3, 0.4) is 0 Å². The minimum Gasteiger partial charge on any atom is -0.486 e. The van der Waals surface area contributed by atoms with Crippen LogP contribution in [-0.2, 0) is 0 Å². The van der Waals surface area contributed by atoms with Gasteiger partial charge in [0.1, 0.15) is 6.10 Å². The summed E-state index contributed by atoms with van der Waals surface area (Å²) in [4.78, 5) is 0. The number of hydrogen-bond donors (Lipinski definition) is 2. The first-order valence-electron chi connectivity index (χ1n) is 4.27. The van der Waals surface area contributed by atoms with Gasteiger partial charge in [0.15, 0.2) is 5.75 Å². The molecular formula is C8H13N3O. The summed E-state index contributed by atoms with van der Waals surface area (Å²) in [7, 11) is 0. The van der Waals surface area contributed by atoms with Crippen molar-refractivity contribution >= 4 is 0 Å². The first-order chi connectivity index (χ1) is 5.86. The van der Waals surface area contributed by atoms with Crippen molar-refractivity contribution in [1.29, 1.82) is 0 Å². The molecule has 0 unspecified atom stereocenters. The summed E-state index contributed by atoms with van der Waals surface area (Å²) in [5.41, 5.74) is 5.84. The van der Waals surface area contributed by atoms with Crippen molar-refractivity contribution in [1.82, 2.24) is 10.2 Å². The fourth-order valence-electron chi connectivity index (χ4n) is 1.58. The molecule has 0 amide bonds. The second-order valence-electron chi connectivity index (χ2n) is 3.19. The summed E-state index contributed by atoms with van der Waals surface area (Å²) < 4.78 is 5.61. The lowest BCUT2D eigenvalue weighted by Gasteiger charge is -2.15. The Morgan fingerprint density at radius 2 is 2.50 bits per heavy atom. The van der Waals surface area contributed by atoms with Gasteiger partial charge in [0, 0.05) is 6.04 Å². The highest BCUT2D eigenvalue weighted by atomic mass is 16.5. The van der Waals surface area contributed by atoms with Crippen molar-refractivity contribution in [2.75, 3.05) is 0 Å². The molecular weight excluding hydrogens is 154 g/mol. The van der Waals surface area contributed by atoms with Crippen molar-refractivity contribution in [2.24, 2.45) is 5.73 Å². The molecule has 0 aromatic carbocycles. The second kappa shape index (κ2) is 3.15.